The number of aliphatic carboxylic acids is 1. The maximum absolute atomic E-state index is 12.9. The SMILES string of the molecule is O=C(C[C@@H](CCCCCCc1ccccc1)C(=O)O)c1ccc2c(c1)CC1=C2CCCC1. The third-order valence-electron chi connectivity index (χ3n) is 7.13. The van der Waals surface area contributed by atoms with E-state index in [1.165, 1.54) is 41.5 Å². The molecule has 2 aliphatic rings. The van der Waals surface area contributed by atoms with Gasteiger partial charge >= 0.3 is 5.97 Å². The summed E-state index contributed by atoms with van der Waals surface area (Å²) in [6.45, 7) is 0. The highest BCUT2D eigenvalue weighted by atomic mass is 16.4. The molecule has 3 heteroatoms. The Morgan fingerprint density at radius 1 is 0.906 bits per heavy atom. The molecule has 3 nitrogen and oxygen atoms in total. The van der Waals surface area contributed by atoms with E-state index in [4.69, 9.17) is 0 Å². The Morgan fingerprint density at radius 2 is 1.69 bits per heavy atom. The number of carbonyl (C=O) groups is 2. The van der Waals surface area contributed by atoms with Crippen LogP contribution in [-0.4, -0.2) is 16.9 Å². The molecular weight excluding hydrogens is 396 g/mol. The number of carboxylic acids is 1. The number of hydrogen-bond donors (Lipinski definition) is 1. The number of ketones is 1. The molecule has 0 aliphatic heterocycles. The average Bonchev–Trinajstić information content (AvgIpc) is 3.18. The van der Waals surface area contributed by atoms with Crippen LogP contribution < -0.4 is 0 Å². The molecule has 32 heavy (non-hydrogen) atoms. The summed E-state index contributed by atoms with van der Waals surface area (Å²) >= 11 is 0. The molecule has 2 aromatic rings. The van der Waals surface area contributed by atoms with E-state index >= 15 is 0 Å². The van der Waals surface area contributed by atoms with Crippen LogP contribution in [0.5, 0.6) is 0 Å². The fourth-order valence-corrected chi connectivity index (χ4v) is 5.30. The maximum atomic E-state index is 12.9. The predicted octanol–water partition coefficient (Wildman–Crippen LogP) is 7.04. The van der Waals surface area contributed by atoms with E-state index in [1.54, 1.807) is 5.57 Å². The van der Waals surface area contributed by atoms with Crippen LogP contribution in [0.3, 0.4) is 0 Å². The standard InChI is InChI=1S/C29H34O3/c30-28(23-16-17-27-25(19-23)18-22-13-8-9-15-26(22)27)20-24(29(31)32)14-7-2-1-4-10-21-11-5-3-6-12-21/h3,5-6,11-12,16-17,19,24H,1-2,4,7-10,13-15,18,20H2,(H,31,32)/t24-/m1/s1. The van der Waals surface area contributed by atoms with Crippen LogP contribution in [0.4, 0.5) is 0 Å². The Morgan fingerprint density at radius 3 is 2.50 bits per heavy atom. The van der Waals surface area contributed by atoms with Crippen LogP contribution in [0.1, 0.15) is 91.3 Å². The number of Topliss-reactive ketones (excluding diaryl/α,β-unsaturated/α-hetero) is 1. The Kier molecular flexibility index (Phi) is 7.57. The van der Waals surface area contributed by atoms with Gasteiger partial charge in [0.15, 0.2) is 5.78 Å². The monoisotopic (exact) mass is 430 g/mol. The van der Waals surface area contributed by atoms with Gasteiger partial charge in [0.1, 0.15) is 0 Å². The summed E-state index contributed by atoms with van der Waals surface area (Å²) in [5.74, 6) is -1.47. The van der Waals surface area contributed by atoms with Gasteiger partial charge in [0.25, 0.3) is 0 Å². The van der Waals surface area contributed by atoms with E-state index in [1.807, 2.05) is 18.2 Å². The lowest BCUT2D eigenvalue weighted by Gasteiger charge is -2.14. The highest BCUT2D eigenvalue weighted by molar-refractivity contribution is 5.98. The first kappa shape index (κ1) is 22.5. The summed E-state index contributed by atoms with van der Waals surface area (Å²) in [5.41, 5.74) is 7.66. The van der Waals surface area contributed by atoms with Gasteiger partial charge in [-0.05, 0) is 79.7 Å². The second-order valence-electron chi connectivity index (χ2n) is 9.44. The van der Waals surface area contributed by atoms with Crippen molar-refractivity contribution < 1.29 is 14.7 Å². The fraction of sp³-hybridized carbons (Fsp3) is 0.448. The van der Waals surface area contributed by atoms with Crippen molar-refractivity contribution in [3.05, 3.63) is 76.4 Å². The van der Waals surface area contributed by atoms with Crippen LogP contribution >= 0.6 is 0 Å². The Labute approximate surface area is 191 Å². The molecule has 0 amide bonds. The summed E-state index contributed by atoms with van der Waals surface area (Å²) in [7, 11) is 0. The van der Waals surface area contributed by atoms with Crippen molar-refractivity contribution in [1.82, 2.24) is 0 Å². The molecule has 4 rings (SSSR count). The molecule has 0 unspecified atom stereocenters. The van der Waals surface area contributed by atoms with E-state index in [2.05, 4.69) is 30.3 Å². The zero-order valence-corrected chi connectivity index (χ0v) is 18.9. The Balaban J connectivity index is 1.24. The molecule has 0 aromatic heterocycles. The minimum Gasteiger partial charge on any atom is -0.481 e. The van der Waals surface area contributed by atoms with Gasteiger partial charge in [0.2, 0.25) is 0 Å². The van der Waals surface area contributed by atoms with Crippen molar-refractivity contribution in [2.24, 2.45) is 5.92 Å². The number of carboxylic acid groups (broad SMARTS) is 1. The van der Waals surface area contributed by atoms with E-state index in [9.17, 15) is 14.7 Å². The highest BCUT2D eigenvalue weighted by Crippen LogP contribution is 2.41. The third-order valence-corrected chi connectivity index (χ3v) is 7.13. The van der Waals surface area contributed by atoms with Gasteiger partial charge in [0, 0.05) is 12.0 Å². The summed E-state index contributed by atoms with van der Waals surface area (Å²) in [6, 6.07) is 16.5. The molecule has 1 atom stereocenters. The lowest BCUT2D eigenvalue weighted by Crippen LogP contribution is -2.18. The van der Waals surface area contributed by atoms with Gasteiger partial charge in [-0.3, -0.25) is 9.59 Å². The number of aryl methyl sites for hydroxylation is 1. The first-order valence-electron chi connectivity index (χ1n) is 12.3. The molecule has 2 aromatic carbocycles. The first-order valence-corrected chi connectivity index (χ1v) is 12.3. The number of benzene rings is 2. The molecule has 0 bridgehead atoms. The van der Waals surface area contributed by atoms with E-state index < -0.39 is 11.9 Å². The molecule has 0 saturated carbocycles. The summed E-state index contributed by atoms with van der Waals surface area (Å²) in [5, 5.41) is 9.66. The normalized spacial score (nSPS) is 15.9. The van der Waals surface area contributed by atoms with E-state index in [0.29, 0.717) is 12.0 Å². The minimum atomic E-state index is -0.846. The molecule has 168 valence electrons. The Bertz CT molecular complexity index is 987. The van der Waals surface area contributed by atoms with Crippen LogP contribution in [0, 0.1) is 5.92 Å². The molecule has 0 radical (unpaired) electrons. The van der Waals surface area contributed by atoms with Gasteiger partial charge < -0.3 is 5.11 Å². The molecule has 0 saturated heterocycles. The topological polar surface area (TPSA) is 54.4 Å². The molecular formula is C29H34O3. The Hall–Kier alpha value is -2.68. The van der Waals surface area contributed by atoms with Crippen molar-refractivity contribution in [2.45, 2.75) is 77.0 Å². The second kappa shape index (κ2) is 10.8. The van der Waals surface area contributed by atoms with Crippen molar-refractivity contribution in [3.8, 4) is 0 Å². The minimum absolute atomic E-state index is 0.0332. The molecule has 0 spiro atoms. The summed E-state index contributed by atoms with van der Waals surface area (Å²) < 4.78 is 0. The second-order valence-corrected chi connectivity index (χ2v) is 9.44. The number of hydrogen-bond acceptors (Lipinski definition) is 2. The number of rotatable bonds is 11. The van der Waals surface area contributed by atoms with Gasteiger partial charge in [-0.25, -0.2) is 0 Å². The van der Waals surface area contributed by atoms with Crippen molar-refractivity contribution in [2.75, 3.05) is 0 Å². The van der Waals surface area contributed by atoms with Crippen LogP contribution in [0.25, 0.3) is 5.57 Å². The van der Waals surface area contributed by atoms with Crippen molar-refractivity contribution in [1.29, 1.82) is 0 Å². The summed E-state index contributed by atoms with van der Waals surface area (Å²) in [6.07, 6.45) is 11.7. The fourth-order valence-electron chi connectivity index (χ4n) is 5.30. The van der Waals surface area contributed by atoms with Crippen molar-refractivity contribution in [3.63, 3.8) is 0 Å². The molecule has 2 aliphatic carbocycles. The van der Waals surface area contributed by atoms with Crippen molar-refractivity contribution >= 4 is 17.3 Å². The largest absolute Gasteiger partial charge is 0.481 e. The molecule has 0 heterocycles. The zero-order chi connectivity index (χ0) is 22.3. The van der Waals surface area contributed by atoms with E-state index in [-0.39, 0.29) is 12.2 Å². The smallest absolute Gasteiger partial charge is 0.306 e. The number of carbonyl (C=O) groups excluding carboxylic acids is 1. The van der Waals surface area contributed by atoms with Crippen LogP contribution in [0.2, 0.25) is 0 Å². The third kappa shape index (κ3) is 5.56. The lowest BCUT2D eigenvalue weighted by atomic mass is 9.90. The molecule has 0 fully saturated rings. The van der Waals surface area contributed by atoms with Crippen LogP contribution in [-0.2, 0) is 17.6 Å². The van der Waals surface area contributed by atoms with Gasteiger partial charge in [-0.2, -0.15) is 0 Å². The van der Waals surface area contributed by atoms with Gasteiger partial charge in [-0.15, -0.1) is 0 Å². The predicted molar refractivity (Wildman–Crippen MR) is 129 cm³/mol. The van der Waals surface area contributed by atoms with Crippen LogP contribution in [0.15, 0.2) is 54.1 Å². The van der Waals surface area contributed by atoms with Gasteiger partial charge in [-0.1, -0.05) is 67.3 Å². The first-order chi connectivity index (χ1) is 15.6. The quantitative estimate of drug-likeness (QED) is 0.307. The number of unbranched alkanes of at least 4 members (excludes halogenated alkanes) is 3. The number of fused-ring (bicyclic) bond motifs is 2. The lowest BCUT2D eigenvalue weighted by molar-refractivity contribution is -0.141. The highest BCUT2D eigenvalue weighted by Gasteiger charge is 2.26. The number of allylic oxidation sites excluding steroid dienone is 2. The van der Waals surface area contributed by atoms with E-state index in [0.717, 1.165) is 44.9 Å². The average molecular weight is 431 g/mol. The maximum Gasteiger partial charge on any atom is 0.306 e. The summed E-state index contributed by atoms with van der Waals surface area (Å²) in [4.78, 5) is 24.7. The van der Waals surface area contributed by atoms with Gasteiger partial charge in [0.05, 0.1) is 5.92 Å². The zero-order valence-electron chi connectivity index (χ0n) is 18.9. The molecule has 1 N–H and O–H groups in total.